The van der Waals surface area contributed by atoms with Crippen molar-refractivity contribution in [3.8, 4) is 0 Å². The molecular weight excluding hydrogens is 217 g/mol. The lowest BCUT2D eigenvalue weighted by molar-refractivity contribution is 0.449. The zero-order valence-corrected chi connectivity index (χ0v) is 8.69. The highest BCUT2D eigenvalue weighted by molar-refractivity contribution is 7.80. The van der Waals surface area contributed by atoms with Crippen molar-refractivity contribution in [3.63, 3.8) is 0 Å². The number of nitrogens with one attached hydrogen (secondary N) is 1. The molecule has 0 unspecified atom stereocenters. The van der Waals surface area contributed by atoms with Gasteiger partial charge in [0.25, 0.3) is 0 Å². The molecule has 4 nitrogen and oxygen atoms in total. The number of halogens is 1. The molecule has 0 bridgehead atoms. The Morgan fingerprint density at radius 3 is 3.00 bits per heavy atom. The van der Waals surface area contributed by atoms with Crippen molar-refractivity contribution in [2.24, 2.45) is 5.73 Å². The standard InChI is InChI=1S/C9H8FN3OS/c1-4-5-2-7(12-9(11)15)6(10)3-8(5)14-13-4/h2-3H,1H3,(H3,11,12,15). The Bertz CT molecular complexity index is 537. The van der Waals surface area contributed by atoms with Crippen molar-refractivity contribution < 1.29 is 8.91 Å². The number of fused-ring (bicyclic) bond motifs is 1. The van der Waals surface area contributed by atoms with Crippen LogP contribution in [0.2, 0.25) is 0 Å². The molecule has 78 valence electrons. The average Bonchev–Trinajstić information content (AvgIpc) is 2.48. The van der Waals surface area contributed by atoms with Gasteiger partial charge in [-0.3, -0.25) is 0 Å². The minimum absolute atomic E-state index is 0.0161. The van der Waals surface area contributed by atoms with Crippen molar-refractivity contribution in [2.45, 2.75) is 6.92 Å². The van der Waals surface area contributed by atoms with E-state index in [0.717, 1.165) is 5.39 Å². The van der Waals surface area contributed by atoms with E-state index in [1.54, 1.807) is 13.0 Å². The third-order valence-corrected chi connectivity index (χ3v) is 2.10. The summed E-state index contributed by atoms with van der Waals surface area (Å²) in [6.45, 7) is 1.77. The highest BCUT2D eigenvalue weighted by atomic mass is 32.1. The van der Waals surface area contributed by atoms with E-state index in [1.807, 2.05) is 0 Å². The van der Waals surface area contributed by atoms with Gasteiger partial charge in [0.05, 0.1) is 11.4 Å². The summed E-state index contributed by atoms with van der Waals surface area (Å²) in [5.41, 5.74) is 6.58. The number of thiocarbonyl (C=S) groups is 1. The molecule has 0 fully saturated rings. The van der Waals surface area contributed by atoms with Gasteiger partial charge in [0.15, 0.2) is 16.5 Å². The Hall–Kier alpha value is -1.69. The fourth-order valence-corrected chi connectivity index (χ4v) is 1.42. The summed E-state index contributed by atoms with van der Waals surface area (Å²) in [7, 11) is 0. The predicted molar refractivity (Wildman–Crippen MR) is 59.1 cm³/mol. The molecule has 0 aliphatic carbocycles. The molecule has 0 saturated carbocycles. The van der Waals surface area contributed by atoms with E-state index in [1.165, 1.54) is 6.07 Å². The third-order valence-electron chi connectivity index (χ3n) is 2.00. The van der Waals surface area contributed by atoms with Crippen LogP contribution in [0.25, 0.3) is 11.0 Å². The first-order chi connectivity index (χ1) is 7.08. The van der Waals surface area contributed by atoms with Crippen LogP contribution >= 0.6 is 12.2 Å². The van der Waals surface area contributed by atoms with Crippen LogP contribution in [0.1, 0.15) is 5.69 Å². The van der Waals surface area contributed by atoms with Crippen LogP contribution in [0.3, 0.4) is 0 Å². The first-order valence-corrected chi connectivity index (χ1v) is 4.61. The van der Waals surface area contributed by atoms with Gasteiger partial charge in [0.2, 0.25) is 0 Å². The van der Waals surface area contributed by atoms with Crippen LogP contribution < -0.4 is 11.1 Å². The number of nitrogens with two attached hydrogens (primary N) is 1. The molecule has 0 amide bonds. The largest absolute Gasteiger partial charge is 0.376 e. The van der Waals surface area contributed by atoms with E-state index in [4.69, 9.17) is 10.3 Å². The van der Waals surface area contributed by atoms with Gasteiger partial charge in [-0.1, -0.05) is 5.16 Å². The van der Waals surface area contributed by atoms with Crippen LogP contribution in [0.5, 0.6) is 0 Å². The number of anilines is 1. The van der Waals surface area contributed by atoms with Gasteiger partial charge in [-0.15, -0.1) is 0 Å². The molecule has 1 aromatic carbocycles. The predicted octanol–water partition coefficient (Wildman–Crippen LogP) is 1.93. The lowest BCUT2D eigenvalue weighted by atomic mass is 10.2. The van der Waals surface area contributed by atoms with Crippen molar-refractivity contribution >= 4 is 34.0 Å². The van der Waals surface area contributed by atoms with Gasteiger partial charge in [-0.2, -0.15) is 0 Å². The molecule has 1 heterocycles. The number of hydrogen-bond acceptors (Lipinski definition) is 3. The van der Waals surface area contributed by atoms with E-state index in [9.17, 15) is 4.39 Å². The van der Waals surface area contributed by atoms with Crippen LogP contribution in [0.4, 0.5) is 10.1 Å². The summed E-state index contributed by atoms with van der Waals surface area (Å²) in [4.78, 5) is 0. The second kappa shape index (κ2) is 3.47. The molecule has 6 heteroatoms. The Balaban J connectivity index is 2.59. The van der Waals surface area contributed by atoms with Gasteiger partial charge in [0.1, 0.15) is 0 Å². The number of nitrogens with zero attached hydrogens (tertiary/aromatic N) is 1. The molecule has 0 aliphatic heterocycles. The van der Waals surface area contributed by atoms with Gasteiger partial charge in [-0.25, -0.2) is 4.39 Å². The summed E-state index contributed by atoms with van der Waals surface area (Å²) in [5, 5.41) is 7.02. The lowest BCUT2D eigenvalue weighted by Gasteiger charge is -2.04. The van der Waals surface area contributed by atoms with Crippen LogP contribution in [0.15, 0.2) is 16.7 Å². The van der Waals surface area contributed by atoms with Crippen molar-refractivity contribution in [1.82, 2.24) is 5.16 Å². The minimum Gasteiger partial charge on any atom is -0.376 e. The molecule has 0 spiro atoms. The maximum Gasteiger partial charge on any atom is 0.170 e. The average molecular weight is 225 g/mol. The van der Waals surface area contributed by atoms with Crippen molar-refractivity contribution in [2.75, 3.05) is 5.32 Å². The van der Waals surface area contributed by atoms with Crippen LogP contribution in [-0.2, 0) is 0 Å². The third kappa shape index (κ3) is 1.75. The normalized spacial score (nSPS) is 10.5. The van der Waals surface area contributed by atoms with Crippen molar-refractivity contribution in [1.29, 1.82) is 0 Å². The Morgan fingerprint density at radius 2 is 2.33 bits per heavy atom. The minimum atomic E-state index is -0.480. The molecule has 3 N–H and O–H groups in total. The molecule has 15 heavy (non-hydrogen) atoms. The molecule has 0 aliphatic rings. The SMILES string of the molecule is Cc1noc2cc(F)c(NC(N)=S)cc12. The van der Waals surface area contributed by atoms with Gasteiger partial charge in [-0.05, 0) is 25.2 Å². The van der Waals surface area contributed by atoms with E-state index in [0.29, 0.717) is 11.3 Å². The molecule has 0 saturated heterocycles. The summed E-state index contributed by atoms with van der Waals surface area (Å²) in [6, 6.07) is 2.81. The highest BCUT2D eigenvalue weighted by Gasteiger charge is 2.10. The maximum absolute atomic E-state index is 13.4. The van der Waals surface area contributed by atoms with Gasteiger partial charge < -0.3 is 15.6 Å². The van der Waals surface area contributed by atoms with Gasteiger partial charge in [0, 0.05) is 11.5 Å². The first-order valence-electron chi connectivity index (χ1n) is 4.20. The summed E-state index contributed by atoms with van der Waals surface area (Å²) < 4.78 is 18.3. The maximum atomic E-state index is 13.4. The first kappa shape index (κ1) is 9.85. The number of aryl methyl sites for hydroxylation is 1. The quantitative estimate of drug-likeness (QED) is 0.726. The Labute approximate surface area is 90.2 Å². The molecule has 0 atom stereocenters. The fourth-order valence-electron chi connectivity index (χ4n) is 1.31. The number of benzene rings is 1. The topological polar surface area (TPSA) is 64.1 Å². The van der Waals surface area contributed by atoms with E-state index in [2.05, 4.69) is 22.7 Å². The summed E-state index contributed by atoms with van der Waals surface area (Å²) in [5.74, 6) is -0.480. The molecular formula is C9H8FN3OS. The highest BCUT2D eigenvalue weighted by Crippen LogP contribution is 2.24. The van der Waals surface area contributed by atoms with E-state index < -0.39 is 5.82 Å². The zero-order valence-electron chi connectivity index (χ0n) is 7.87. The van der Waals surface area contributed by atoms with Crippen LogP contribution in [0, 0.1) is 12.7 Å². The van der Waals surface area contributed by atoms with E-state index in [-0.39, 0.29) is 10.8 Å². The molecule has 2 aromatic rings. The summed E-state index contributed by atoms with van der Waals surface area (Å²) >= 11 is 4.63. The second-order valence-corrected chi connectivity index (χ2v) is 3.53. The lowest BCUT2D eigenvalue weighted by Crippen LogP contribution is -2.19. The zero-order chi connectivity index (χ0) is 11.0. The Kier molecular flexibility index (Phi) is 2.28. The molecule has 0 radical (unpaired) electrons. The smallest absolute Gasteiger partial charge is 0.170 e. The van der Waals surface area contributed by atoms with Gasteiger partial charge >= 0.3 is 0 Å². The van der Waals surface area contributed by atoms with E-state index >= 15 is 0 Å². The number of hydrogen-bond donors (Lipinski definition) is 2. The molecule has 1 aromatic heterocycles. The van der Waals surface area contributed by atoms with Crippen molar-refractivity contribution in [3.05, 3.63) is 23.6 Å². The van der Waals surface area contributed by atoms with Crippen LogP contribution in [-0.4, -0.2) is 10.3 Å². The monoisotopic (exact) mass is 225 g/mol. The summed E-state index contributed by atoms with van der Waals surface area (Å²) in [6.07, 6.45) is 0. The number of aromatic nitrogens is 1. The Morgan fingerprint density at radius 1 is 1.60 bits per heavy atom. The second-order valence-electron chi connectivity index (χ2n) is 3.09. The number of rotatable bonds is 1. The molecule has 2 rings (SSSR count). The fraction of sp³-hybridized carbons (Fsp3) is 0.111.